The van der Waals surface area contributed by atoms with Crippen molar-refractivity contribution in [3.05, 3.63) is 29.8 Å². The standard InChI is InChI=1S/C15H24N2O/c1-12(2)18-15-7-5-13(6-8-15)11-17-9-3-4-14(17)10-16/h5-8,12,14H,3-4,9-11,16H2,1-2H3. The Morgan fingerprint density at radius 2 is 2.06 bits per heavy atom. The van der Waals surface area contributed by atoms with Gasteiger partial charge in [-0.1, -0.05) is 12.1 Å². The SMILES string of the molecule is CC(C)Oc1ccc(CN2CCCC2CN)cc1. The van der Waals surface area contributed by atoms with Crippen molar-refractivity contribution >= 4 is 0 Å². The Morgan fingerprint density at radius 3 is 2.67 bits per heavy atom. The lowest BCUT2D eigenvalue weighted by Gasteiger charge is -2.23. The molecule has 0 saturated carbocycles. The average Bonchev–Trinajstić information content (AvgIpc) is 2.78. The molecule has 1 aliphatic rings. The van der Waals surface area contributed by atoms with Crippen molar-refractivity contribution in [3.63, 3.8) is 0 Å². The average molecular weight is 248 g/mol. The van der Waals surface area contributed by atoms with Crippen LogP contribution in [0, 0.1) is 0 Å². The Balaban J connectivity index is 1.93. The lowest BCUT2D eigenvalue weighted by Crippen LogP contribution is -2.34. The Kier molecular flexibility index (Phi) is 4.61. The van der Waals surface area contributed by atoms with Crippen LogP contribution >= 0.6 is 0 Å². The molecule has 1 saturated heterocycles. The number of hydrogen-bond acceptors (Lipinski definition) is 3. The van der Waals surface area contributed by atoms with E-state index in [0.29, 0.717) is 6.04 Å². The van der Waals surface area contributed by atoms with Gasteiger partial charge in [-0.2, -0.15) is 0 Å². The summed E-state index contributed by atoms with van der Waals surface area (Å²) in [4.78, 5) is 2.48. The van der Waals surface area contributed by atoms with E-state index in [1.165, 1.54) is 24.9 Å². The van der Waals surface area contributed by atoms with Crippen LogP contribution in [0.5, 0.6) is 5.75 Å². The van der Waals surface area contributed by atoms with Gasteiger partial charge in [0.25, 0.3) is 0 Å². The molecule has 0 aliphatic carbocycles. The first kappa shape index (κ1) is 13.4. The zero-order valence-electron chi connectivity index (χ0n) is 11.4. The summed E-state index contributed by atoms with van der Waals surface area (Å²) in [6.07, 6.45) is 2.75. The summed E-state index contributed by atoms with van der Waals surface area (Å²) in [7, 11) is 0. The van der Waals surface area contributed by atoms with Crippen LogP contribution in [0.15, 0.2) is 24.3 Å². The zero-order chi connectivity index (χ0) is 13.0. The van der Waals surface area contributed by atoms with Gasteiger partial charge in [-0.3, -0.25) is 4.90 Å². The van der Waals surface area contributed by atoms with E-state index >= 15 is 0 Å². The van der Waals surface area contributed by atoms with Crippen LogP contribution in [0.25, 0.3) is 0 Å². The Morgan fingerprint density at radius 1 is 1.33 bits per heavy atom. The van der Waals surface area contributed by atoms with Crippen molar-refractivity contribution in [2.75, 3.05) is 13.1 Å². The van der Waals surface area contributed by atoms with Crippen molar-refractivity contribution in [1.82, 2.24) is 4.90 Å². The van der Waals surface area contributed by atoms with Gasteiger partial charge in [0.1, 0.15) is 5.75 Å². The third-order valence-electron chi connectivity index (χ3n) is 3.45. The van der Waals surface area contributed by atoms with Crippen molar-refractivity contribution in [3.8, 4) is 5.75 Å². The maximum absolute atomic E-state index is 5.80. The summed E-state index contributed by atoms with van der Waals surface area (Å²) >= 11 is 0. The summed E-state index contributed by atoms with van der Waals surface area (Å²) in [6.45, 7) is 7.04. The zero-order valence-corrected chi connectivity index (χ0v) is 11.4. The van der Waals surface area contributed by atoms with E-state index in [1.54, 1.807) is 0 Å². The largest absolute Gasteiger partial charge is 0.491 e. The third kappa shape index (κ3) is 3.47. The molecule has 1 atom stereocenters. The molecule has 100 valence electrons. The number of nitrogens with two attached hydrogens (primary N) is 1. The van der Waals surface area contributed by atoms with Crippen LogP contribution in [0.3, 0.4) is 0 Å². The molecular formula is C15H24N2O. The minimum atomic E-state index is 0.232. The molecule has 0 aromatic heterocycles. The molecule has 0 spiro atoms. The van der Waals surface area contributed by atoms with Crippen LogP contribution in [0.2, 0.25) is 0 Å². The monoisotopic (exact) mass is 248 g/mol. The van der Waals surface area contributed by atoms with E-state index in [1.807, 2.05) is 13.8 Å². The van der Waals surface area contributed by atoms with Crippen LogP contribution in [0.1, 0.15) is 32.3 Å². The molecule has 0 radical (unpaired) electrons. The summed E-state index contributed by atoms with van der Waals surface area (Å²) in [5, 5.41) is 0. The van der Waals surface area contributed by atoms with Gasteiger partial charge in [-0.25, -0.2) is 0 Å². The summed E-state index contributed by atoms with van der Waals surface area (Å²) in [6, 6.07) is 9.00. The highest BCUT2D eigenvalue weighted by Crippen LogP contribution is 2.20. The molecule has 1 fully saturated rings. The smallest absolute Gasteiger partial charge is 0.119 e. The quantitative estimate of drug-likeness (QED) is 0.869. The first-order chi connectivity index (χ1) is 8.69. The first-order valence-corrected chi connectivity index (χ1v) is 6.88. The van der Waals surface area contributed by atoms with Gasteiger partial charge in [-0.05, 0) is 50.9 Å². The highest BCUT2D eigenvalue weighted by molar-refractivity contribution is 5.27. The van der Waals surface area contributed by atoms with Gasteiger partial charge in [0.2, 0.25) is 0 Å². The van der Waals surface area contributed by atoms with Crippen molar-refractivity contribution < 1.29 is 4.74 Å². The van der Waals surface area contributed by atoms with Crippen LogP contribution < -0.4 is 10.5 Å². The number of ether oxygens (including phenoxy) is 1. The predicted molar refractivity (Wildman–Crippen MR) is 74.7 cm³/mol. The summed E-state index contributed by atoms with van der Waals surface area (Å²) in [5.41, 5.74) is 7.13. The van der Waals surface area contributed by atoms with Crippen LogP contribution in [-0.4, -0.2) is 30.1 Å². The highest BCUT2D eigenvalue weighted by Gasteiger charge is 2.22. The van der Waals surface area contributed by atoms with Gasteiger partial charge in [0, 0.05) is 19.1 Å². The molecule has 18 heavy (non-hydrogen) atoms. The third-order valence-corrected chi connectivity index (χ3v) is 3.45. The van der Waals surface area contributed by atoms with Crippen molar-refractivity contribution in [1.29, 1.82) is 0 Å². The maximum Gasteiger partial charge on any atom is 0.119 e. The van der Waals surface area contributed by atoms with E-state index in [-0.39, 0.29) is 6.10 Å². The van der Waals surface area contributed by atoms with Gasteiger partial charge < -0.3 is 10.5 Å². The fourth-order valence-corrected chi connectivity index (χ4v) is 2.55. The molecule has 1 unspecified atom stereocenters. The topological polar surface area (TPSA) is 38.5 Å². The minimum Gasteiger partial charge on any atom is -0.491 e. The number of likely N-dealkylation sites (tertiary alicyclic amines) is 1. The van der Waals surface area contributed by atoms with E-state index in [0.717, 1.165) is 18.8 Å². The molecule has 1 aromatic carbocycles. The molecule has 2 N–H and O–H groups in total. The van der Waals surface area contributed by atoms with Gasteiger partial charge in [0.15, 0.2) is 0 Å². The van der Waals surface area contributed by atoms with E-state index < -0.39 is 0 Å². The first-order valence-electron chi connectivity index (χ1n) is 6.88. The van der Waals surface area contributed by atoms with Gasteiger partial charge >= 0.3 is 0 Å². The molecule has 3 nitrogen and oxygen atoms in total. The second-order valence-corrected chi connectivity index (χ2v) is 5.31. The van der Waals surface area contributed by atoms with E-state index in [2.05, 4.69) is 29.2 Å². The van der Waals surface area contributed by atoms with E-state index in [9.17, 15) is 0 Å². The number of benzene rings is 1. The van der Waals surface area contributed by atoms with Crippen LogP contribution in [-0.2, 0) is 6.54 Å². The Hall–Kier alpha value is -1.06. The maximum atomic E-state index is 5.80. The molecule has 3 heteroatoms. The second-order valence-electron chi connectivity index (χ2n) is 5.31. The molecule has 0 amide bonds. The molecular weight excluding hydrogens is 224 g/mol. The fraction of sp³-hybridized carbons (Fsp3) is 0.600. The number of hydrogen-bond donors (Lipinski definition) is 1. The molecule has 0 bridgehead atoms. The Bertz CT molecular complexity index is 361. The van der Waals surface area contributed by atoms with E-state index in [4.69, 9.17) is 10.5 Å². The second kappa shape index (κ2) is 6.21. The summed E-state index contributed by atoms with van der Waals surface area (Å²) in [5.74, 6) is 0.950. The van der Waals surface area contributed by atoms with Gasteiger partial charge in [-0.15, -0.1) is 0 Å². The van der Waals surface area contributed by atoms with Crippen molar-refractivity contribution in [2.45, 2.75) is 45.4 Å². The molecule has 1 heterocycles. The number of nitrogens with zero attached hydrogens (tertiary/aromatic N) is 1. The van der Waals surface area contributed by atoms with Crippen LogP contribution in [0.4, 0.5) is 0 Å². The Labute approximate surface area is 110 Å². The minimum absolute atomic E-state index is 0.232. The lowest BCUT2D eigenvalue weighted by atomic mass is 10.2. The fourth-order valence-electron chi connectivity index (χ4n) is 2.55. The van der Waals surface area contributed by atoms with Crippen molar-refractivity contribution in [2.24, 2.45) is 5.73 Å². The summed E-state index contributed by atoms with van der Waals surface area (Å²) < 4.78 is 5.65. The normalized spacial score (nSPS) is 20.6. The van der Waals surface area contributed by atoms with Gasteiger partial charge in [0.05, 0.1) is 6.10 Å². The molecule has 1 aromatic rings. The highest BCUT2D eigenvalue weighted by atomic mass is 16.5. The molecule has 2 rings (SSSR count). The number of rotatable bonds is 5. The lowest BCUT2D eigenvalue weighted by molar-refractivity contribution is 0.241. The molecule has 1 aliphatic heterocycles. The predicted octanol–water partition coefficient (Wildman–Crippen LogP) is 2.40.